The fraction of sp³-hybridized carbons (Fsp3) is 0.182. The molecule has 0 saturated carbocycles. The average Bonchev–Trinajstić information content (AvgIpc) is 3.03. The van der Waals surface area contributed by atoms with Crippen molar-refractivity contribution < 1.29 is 24.2 Å². The number of hydrogen-bond donors (Lipinski definition) is 2. The number of thioether (sulfide) groups is 1. The lowest BCUT2D eigenvalue weighted by Crippen LogP contribution is -2.33. The molecule has 2 aromatic rings. The van der Waals surface area contributed by atoms with Crippen LogP contribution in [0.25, 0.3) is 0 Å². The molecule has 1 heterocycles. The zero-order chi connectivity index (χ0) is 22.4. The van der Waals surface area contributed by atoms with E-state index in [4.69, 9.17) is 9.84 Å². The Morgan fingerprint density at radius 1 is 1.26 bits per heavy atom. The number of ether oxygens (including phenoxy) is 1. The van der Waals surface area contributed by atoms with Crippen LogP contribution in [0.1, 0.15) is 16.8 Å². The smallest absolute Gasteiger partial charge is 0.335 e. The Morgan fingerprint density at radius 3 is 2.61 bits per heavy atom. The second-order valence-electron chi connectivity index (χ2n) is 6.55. The van der Waals surface area contributed by atoms with E-state index in [1.165, 1.54) is 40.9 Å². The number of para-hydroxylation sites is 2. The van der Waals surface area contributed by atoms with E-state index in [-0.39, 0.29) is 30.3 Å². The maximum Gasteiger partial charge on any atom is 0.335 e. The summed E-state index contributed by atoms with van der Waals surface area (Å²) in [6.45, 7) is 3.96. The van der Waals surface area contributed by atoms with Crippen LogP contribution in [0.2, 0.25) is 0 Å². The molecular weight excluding hydrogens is 418 g/mol. The number of carboxylic acids is 1. The van der Waals surface area contributed by atoms with Crippen molar-refractivity contribution in [3.63, 3.8) is 0 Å². The molecule has 1 saturated heterocycles. The molecule has 1 unspecified atom stereocenters. The molecule has 0 aromatic heterocycles. The molecule has 2 amide bonds. The van der Waals surface area contributed by atoms with Crippen LogP contribution in [0.3, 0.4) is 0 Å². The van der Waals surface area contributed by atoms with Crippen LogP contribution >= 0.6 is 11.8 Å². The topological polar surface area (TPSA) is 108 Å². The van der Waals surface area contributed by atoms with Gasteiger partial charge >= 0.3 is 5.97 Å². The molecule has 8 nitrogen and oxygen atoms in total. The summed E-state index contributed by atoms with van der Waals surface area (Å²) < 4.78 is 5.32. The maximum absolute atomic E-state index is 12.9. The van der Waals surface area contributed by atoms with E-state index in [0.717, 1.165) is 0 Å². The predicted octanol–water partition coefficient (Wildman–Crippen LogP) is 3.54. The number of methoxy groups -OCH3 is 1. The number of amidine groups is 1. The number of carbonyl (C=O) groups excluding carboxylic acids is 2. The van der Waals surface area contributed by atoms with Gasteiger partial charge in [-0.2, -0.15) is 0 Å². The van der Waals surface area contributed by atoms with Crippen molar-refractivity contribution in [1.29, 1.82) is 0 Å². The first-order valence-electron chi connectivity index (χ1n) is 9.36. The summed E-state index contributed by atoms with van der Waals surface area (Å²) in [7, 11) is 1.55. The van der Waals surface area contributed by atoms with Gasteiger partial charge in [0.1, 0.15) is 16.7 Å². The van der Waals surface area contributed by atoms with E-state index >= 15 is 0 Å². The lowest BCUT2D eigenvalue weighted by Gasteiger charge is -2.14. The predicted molar refractivity (Wildman–Crippen MR) is 120 cm³/mol. The summed E-state index contributed by atoms with van der Waals surface area (Å²) in [6.07, 6.45) is 1.55. The first-order valence-corrected chi connectivity index (χ1v) is 10.2. The highest BCUT2D eigenvalue weighted by Gasteiger charge is 2.38. The Balaban J connectivity index is 1.73. The van der Waals surface area contributed by atoms with E-state index in [9.17, 15) is 14.4 Å². The fourth-order valence-corrected chi connectivity index (χ4v) is 4.08. The number of nitrogens with zero attached hydrogens (tertiary/aromatic N) is 2. The highest BCUT2D eigenvalue weighted by molar-refractivity contribution is 8.15. The molecule has 3 rings (SSSR count). The third-order valence-corrected chi connectivity index (χ3v) is 5.59. The molecule has 160 valence electrons. The Bertz CT molecular complexity index is 1040. The van der Waals surface area contributed by atoms with Gasteiger partial charge in [0.05, 0.1) is 12.7 Å². The standard InChI is InChI=1S/C22H21N3O5S/c1-3-12-25-20(27)18(31-22(25)24-16-6-4-5-7-17(16)30-2)13-19(26)23-15-10-8-14(9-11-15)21(28)29/h3-11,18H,1,12-13H2,2H3,(H,23,26)(H,28,29). The van der Waals surface area contributed by atoms with Crippen molar-refractivity contribution in [2.75, 3.05) is 19.0 Å². The molecular formula is C22H21N3O5S. The van der Waals surface area contributed by atoms with Crippen LogP contribution in [0.5, 0.6) is 5.75 Å². The highest BCUT2D eigenvalue weighted by atomic mass is 32.2. The number of amides is 2. The molecule has 1 fully saturated rings. The zero-order valence-corrected chi connectivity index (χ0v) is 17.6. The summed E-state index contributed by atoms with van der Waals surface area (Å²) in [4.78, 5) is 42.3. The SMILES string of the molecule is C=CCN1C(=O)C(CC(=O)Nc2ccc(C(=O)O)cc2)SC1=Nc1ccccc1OC. The van der Waals surface area contributed by atoms with Crippen molar-refractivity contribution in [3.05, 3.63) is 66.7 Å². The number of benzene rings is 2. The molecule has 0 bridgehead atoms. The van der Waals surface area contributed by atoms with Gasteiger partial charge in [0, 0.05) is 18.7 Å². The van der Waals surface area contributed by atoms with Gasteiger partial charge in [-0.05, 0) is 36.4 Å². The molecule has 9 heteroatoms. The maximum atomic E-state index is 12.9. The van der Waals surface area contributed by atoms with Crippen LogP contribution in [0.15, 0.2) is 66.2 Å². The molecule has 1 aliphatic heterocycles. The number of carboxylic acid groups (broad SMARTS) is 1. The minimum absolute atomic E-state index is 0.0528. The van der Waals surface area contributed by atoms with Crippen molar-refractivity contribution in [2.45, 2.75) is 11.7 Å². The van der Waals surface area contributed by atoms with Crippen LogP contribution in [0, 0.1) is 0 Å². The fourth-order valence-electron chi connectivity index (χ4n) is 2.92. The van der Waals surface area contributed by atoms with Gasteiger partial charge in [0.15, 0.2) is 5.17 Å². The number of rotatable bonds is 8. The first-order chi connectivity index (χ1) is 14.9. The Labute approximate surface area is 183 Å². The molecule has 31 heavy (non-hydrogen) atoms. The van der Waals surface area contributed by atoms with E-state index in [0.29, 0.717) is 22.3 Å². The summed E-state index contributed by atoms with van der Waals surface area (Å²) >= 11 is 1.21. The summed E-state index contributed by atoms with van der Waals surface area (Å²) in [5, 5.41) is 11.5. The van der Waals surface area contributed by atoms with Gasteiger partial charge < -0.3 is 15.2 Å². The second kappa shape index (κ2) is 9.94. The summed E-state index contributed by atoms with van der Waals surface area (Å²) in [5.74, 6) is -1.05. The van der Waals surface area contributed by atoms with Gasteiger partial charge in [0.25, 0.3) is 0 Å². The van der Waals surface area contributed by atoms with Crippen LogP contribution < -0.4 is 10.1 Å². The van der Waals surface area contributed by atoms with Crippen LogP contribution in [-0.4, -0.2) is 51.9 Å². The third kappa shape index (κ3) is 5.32. The van der Waals surface area contributed by atoms with Gasteiger partial charge in [-0.25, -0.2) is 9.79 Å². The number of aromatic carboxylic acids is 1. The minimum Gasteiger partial charge on any atom is -0.494 e. The zero-order valence-electron chi connectivity index (χ0n) is 16.8. The van der Waals surface area contributed by atoms with Gasteiger partial charge in [-0.15, -0.1) is 6.58 Å². The molecule has 1 aliphatic rings. The quantitative estimate of drug-likeness (QED) is 0.609. The molecule has 2 aromatic carbocycles. The molecule has 0 spiro atoms. The number of anilines is 1. The van der Waals surface area contributed by atoms with Gasteiger partial charge in [-0.3, -0.25) is 14.5 Å². The lowest BCUT2D eigenvalue weighted by atomic mass is 10.2. The highest BCUT2D eigenvalue weighted by Crippen LogP contribution is 2.34. The number of nitrogens with one attached hydrogen (secondary N) is 1. The van der Waals surface area contributed by atoms with Crippen molar-refractivity contribution in [2.24, 2.45) is 4.99 Å². The van der Waals surface area contributed by atoms with Crippen molar-refractivity contribution in [3.8, 4) is 5.75 Å². The molecule has 2 N–H and O–H groups in total. The average molecular weight is 439 g/mol. The second-order valence-corrected chi connectivity index (χ2v) is 7.71. The third-order valence-electron chi connectivity index (χ3n) is 4.42. The van der Waals surface area contributed by atoms with E-state index in [2.05, 4.69) is 16.9 Å². The Kier molecular flexibility index (Phi) is 7.09. The Morgan fingerprint density at radius 2 is 1.97 bits per heavy atom. The van der Waals surface area contributed by atoms with Crippen LogP contribution in [-0.2, 0) is 9.59 Å². The van der Waals surface area contributed by atoms with E-state index in [1.807, 2.05) is 12.1 Å². The number of carbonyl (C=O) groups is 3. The minimum atomic E-state index is -1.05. The van der Waals surface area contributed by atoms with Gasteiger partial charge in [0.2, 0.25) is 11.8 Å². The largest absolute Gasteiger partial charge is 0.494 e. The molecule has 0 radical (unpaired) electrons. The van der Waals surface area contributed by atoms with Crippen molar-refractivity contribution in [1.82, 2.24) is 4.90 Å². The Hall–Kier alpha value is -3.59. The van der Waals surface area contributed by atoms with Crippen LogP contribution in [0.4, 0.5) is 11.4 Å². The summed E-state index contributed by atoms with van der Waals surface area (Å²) in [6, 6.07) is 13.0. The van der Waals surface area contributed by atoms with E-state index in [1.54, 1.807) is 25.3 Å². The first kappa shape index (κ1) is 22.1. The van der Waals surface area contributed by atoms with Gasteiger partial charge in [-0.1, -0.05) is 30.0 Å². The number of aliphatic imine (C=N–C) groups is 1. The van der Waals surface area contributed by atoms with E-state index < -0.39 is 11.2 Å². The van der Waals surface area contributed by atoms with Crippen molar-refractivity contribution >= 4 is 46.1 Å². The number of hydrogen-bond acceptors (Lipinski definition) is 6. The lowest BCUT2D eigenvalue weighted by molar-refractivity contribution is -0.127. The molecule has 1 atom stereocenters. The summed E-state index contributed by atoms with van der Waals surface area (Å²) in [5.41, 5.74) is 1.16. The monoisotopic (exact) mass is 439 g/mol. The normalized spacial score (nSPS) is 16.9. The molecule has 0 aliphatic carbocycles.